The lowest BCUT2D eigenvalue weighted by Crippen LogP contribution is -2.47. The summed E-state index contributed by atoms with van der Waals surface area (Å²) in [5.74, 6) is -1.18. The summed E-state index contributed by atoms with van der Waals surface area (Å²) in [6, 6.07) is 8.38. The Kier molecular flexibility index (Phi) is 6.92. The molecule has 8 heteroatoms. The zero-order valence-corrected chi connectivity index (χ0v) is 15.7. The molecule has 0 aromatic heterocycles. The number of amides is 6. The molecule has 8 nitrogen and oxygen atoms in total. The van der Waals surface area contributed by atoms with Crippen molar-refractivity contribution in [2.75, 3.05) is 13.1 Å². The van der Waals surface area contributed by atoms with Crippen molar-refractivity contribution in [1.82, 2.24) is 20.9 Å². The molecule has 2 rings (SSSR count). The van der Waals surface area contributed by atoms with Crippen molar-refractivity contribution >= 4 is 23.9 Å². The van der Waals surface area contributed by atoms with Gasteiger partial charge in [-0.3, -0.25) is 19.8 Å². The lowest BCUT2D eigenvalue weighted by atomic mass is 9.93. The Hall–Kier alpha value is -2.90. The summed E-state index contributed by atoms with van der Waals surface area (Å²) in [6.45, 7) is 3.59. The molecule has 3 N–H and O–H groups in total. The third kappa shape index (κ3) is 5.54. The fraction of sp³-hybridized carbons (Fsp3) is 0.474. The fourth-order valence-electron chi connectivity index (χ4n) is 2.83. The first-order valence-corrected chi connectivity index (χ1v) is 9.11. The van der Waals surface area contributed by atoms with E-state index in [1.165, 1.54) is 0 Å². The van der Waals surface area contributed by atoms with Gasteiger partial charge < -0.3 is 10.6 Å². The van der Waals surface area contributed by atoms with E-state index in [4.69, 9.17) is 0 Å². The summed E-state index contributed by atoms with van der Waals surface area (Å²) in [5.41, 5.74) is -0.0166. The molecule has 0 radical (unpaired) electrons. The van der Waals surface area contributed by atoms with Crippen LogP contribution in [0.4, 0.5) is 9.59 Å². The summed E-state index contributed by atoms with van der Waals surface area (Å²) >= 11 is 0. The molecule has 0 spiro atoms. The summed E-state index contributed by atoms with van der Waals surface area (Å²) < 4.78 is 0. The van der Waals surface area contributed by atoms with Crippen molar-refractivity contribution in [3.63, 3.8) is 0 Å². The van der Waals surface area contributed by atoms with Crippen molar-refractivity contribution in [3.05, 3.63) is 35.9 Å². The smallest absolute Gasteiger partial charge is 0.325 e. The van der Waals surface area contributed by atoms with Gasteiger partial charge in [0.15, 0.2) is 0 Å². The van der Waals surface area contributed by atoms with E-state index < -0.39 is 36.0 Å². The first-order chi connectivity index (χ1) is 12.9. The normalized spacial score (nSPS) is 19.0. The Balaban J connectivity index is 1.88. The quantitative estimate of drug-likeness (QED) is 0.474. The van der Waals surface area contributed by atoms with Gasteiger partial charge in [-0.15, -0.1) is 0 Å². The molecule has 0 unspecified atom stereocenters. The highest BCUT2D eigenvalue weighted by Gasteiger charge is 2.47. The summed E-state index contributed by atoms with van der Waals surface area (Å²) in [6.07, 6.45) is 2.74. The van der Waals surface area contributed by atoms with E-state index >= 15 is 0 Å². The van der Waals surface area contributed by atoms with Gasteiger partial charge in [0, 0.05) is 6.54 Å². The Morgan fingerprint density at radius 3 is 2.56 bits per heavy atom. The first-order valence-electron chi connectivity index (χ1n) is 9.11. The molecule has 1 aromatic rings. The number of aryl methyl sites for hydroxylation is 1. The van der Waals surface area contributed by atoms with E-state index in [0.29, 0.717) is 19.4 Å². The summed E-state index contributed by atoms with van der Waals surface area (Å²) in [7, 11) is 0. The number of unbranched alkanes of at least 4 members (excludes halogenated alkanes) is 1. The number of nitrogens with zero attached hydrogens (tertiary/aromatic N) is 1. The average Bonchev–Trinajstić information content (AvgIpc) is 2.85. The highest BCUT2D eigenvalue weighted by Crippen LogP contribution is 2.23. The molecular formula is C19H26N4O4. The number of hydrogen-bond donors (Lipinski definition) is 3. The van der Waals surface area contributed by atoms with Crippen molar-refractivity contribution in [2.24, 2.45) is 0 Å². The van der Waals surface area contributed by atoms with Crippen LogP contribution in [0.3, 0.4) is 0 Å². The standard InChI is InChI=1S/C19H26N4O4/c1-3-4-12-20-17(26)21-15(24)13-23-16(25)19(2,22-18(23)27)11-10-14-8-6-5-7-9-14/h5-9H,3-4,10-13H2,1-2H3,(H,22,27)(H2,20,21,24,26)/t19-/m0/s1. The van der Waals surface area contributed by atoms with Gasteiger partial charge in [-0.05, 0) is 31.7 Å². The van der Waals surface area contributed by atoms with Crippen LogP contribution in [0.15, 0.2) is 30.3 Å². The molecular weight excluding hydrogens is 348 g/mol. The maximum absolute atomic E-state index is 12.7. The molecule has 0 bridgehead atoms. The Morgan fingerprint density at radius 1 is 1.19 bits per heavy atom. The van der Waals surface area contributed by atoms with Crippen LogP contribution in [0.25, 0.3) is 0 Å². The Morgan fingerprint density at radius 2 is 1.89 bits per heavy atom. The van der Waals surface area contributed by atoms with Gasteiger partial charge in [0.1, 0.15) is 12.1 Å². The summed E-state index contributed by atoms with van der Waals surface area (Å²) in [5, 5.41) is 7.33. The van der Waals surface area contributed by atoms with E-state index in [9.17, 15) is 19.2 Å². The number of hydrogen-bond acceptors (Lipinski definition) is 4. The largest absolute Gasteiger partial charge is 0.338 e. The number of imide groups is 2. The van der Waals surface area contributed by atoms with Crippen LogP contribution in [0.1, 0.15) is 38.7 Å². The van der Waals surface area contributed by atoms with Gasteiger partial charge in [0.05, 0.1) is 0 Å². The minimum Gasteiger partial charge on any atom is -0.338 e. The van der Waals surface area contributed by atoms with Crippen LogP contribution in [-0.2, 0) is 16.0 Å². The molecule has 6 amide bonds. The van der Waals surface area contributed by atoms with Crippen LogP contribution in [0.5, 0.6) is 0 Å². The van der Waals surface area contributed by atoms with Crippen molar-refractivity contribution in [1.29, 1.82) is 0 Å². The lowest BCUT2D eigenvalue weighted by Gasteiger charge is -2.21. The minimum atomic E-state index is -1.07. The van der Waals surface area contributed by atoms with Gasteiger partial charge >= 0.3 is 12.1 Å². The molecule has 1 fully saturated rings. The molecule has 1 aliphatic rings. The van der Waals surface area contributed by atoms with Crippen LogP contribution in [0.2, 0.25) is 0 Å². The van der Waals surface area contributed by atoms with Gasteiger partial charge in [0.25, 0.3) is 5.91 Å². The van der Waals surface area contributed by atoms with Crippen molar-refractivity contribution in [2.45, 2.75) is 45.1 Å². The van der Waals surface area contributed by atoms with E-state index in [1.807, 2.05) is 37.3 Å². The highest BCUT2D eigenvalue weighted by molar-refractivity contribution is 6.09. The third-order valence-corrected chi connectivity index (χ3v) is 4.47. The molecule has 27 heavy (non-hydrogen) atoms. The maximum atomic E-state index is 12.7. The van der Waals surface area contributed by atoms with Crippen LogP contribution < -0.4 is 16.0 Å². The number of nitrogens with one attached hydrogen (secondary N) is 3. The average molecular weight is 374 g/mol. The topological polar surface area (TPSA) is 108 Å². The molecule has 1 atom stereocenters. The van der Waals surface area contributed by atoms with Gasteiger partial charge in [-0.1, -0.05) is 43.7 Å². The number of carbonyl (C=O) groups is 4. The molecule has 146 valence electrons. The number of benzene rings is 1. The molecule has 1 heterocycles. The third-order valence-electron chi connectivity index (χ3n) is 4.47. The monoisotopic (exact) mass is 374 g/mol. The summed E-state index contributed by atoms with van der Waals surface area (Å²) in [4.78, 5) is 49.2. The number of urea groups is 2. The lowest BCUT2D eigenvalue weighted by molar-refractivity contribution is -0.134. The molecule has 0 aliphatic carbocycles. The van der Waals surface area contributed by atoms with E-state index in [1.54, 1.807) is 6.92 Å². The van der Waals surface area contributed by atoms with Crippen molar-refractivity contribution < 1.29 is 19.2 Å². The Bertz CT molecular complexity index is 707. The zero-order chi connectivity index (χ0) is 19.9. The minimum absolute atomic E-state index is 0.414. The number of carbonyl (C=O) groups excluding carboxylic acids is 4. The van der Waals surface area contributed by atoms with Crippen LogP contribution >= 0.6 is 0 Å². The van der Waals surface area contributed by atoms with Gasteiger partial charge in [-0.25, -0.2) is 9.59 Å². The zero-order valence-electron chi connectivity index (χ0n) is 15.7. The molecule has 1 aliphatic heterocycles. The predicted octanol–water partition coefficient (Wildman–Crippen LogP) is 1.56. The van der Waals surface area contributed by atoms with Gasteiger partial charge in [-0.2, -0.15) is 0 Å². The van der Waals surface area contributed by atoms with E-state index in [0.717, 1.165) is 23.3 Å². The molecule has 1 saturated heterocycles. The fourth-order valence-corrected chi connectivity index (χ4v) is 2.83. The molecule has 0 saturated carbocycles. The van der Waals surface area contributed by atoms with Crippen LogP contribution in [-0.4, -0.2) is 47.4 Å². The SMILES string of the molecule is CCCCNC(=O)NC(=O)CN1C(=O)N[C@@](C)(CCc2ccccc2)C1=O. The Labute approximate surface area is 158 Å². The molecule has 1 aromatic carbocycles. The van der Waals surface area contributed by atoms with Gasteiger partial charge in [0.2, 0.25) is 5.91 Å². The second-order valence-corrected chi connectivity index (χ2v) is 6.80. The van der Waals surface area contributed by atoms with E-state index in [-0.39, 0.29) is 0 Å². The second-order valence-electron chi connectivity index (χ2n) is 6.80. The van der Waals surface area contributed by atoms with Crippen molar-refractivity contribution in [3.8, 4) is 0 Å². The highest BCUT2D eigenvalue weighted by atomic mass is 16.2. The first kappa shape index (κ1) is 20.4. The van der Waals surface area contributed by atoms with E-state index in [2.05, 4.69) is 16.0 Å². The predicted molar refractivity (Wildman–Crippen MR) is 99.9 cm³/mol. The maximum Gasteiger partial charge on any atom is 0.325 e. The number of rotatable bonds is 8. The second kappa shape index (κ2) is 9.16. The van der Waals surface area contributed by atoms with Crippen LogP contribution in [0, 0.1) is 0 Å².